The second-order valence-electron chi connectivity index (χ2n) is 18.0. The van der Waals surface area contributed by atoms with Crippen LogP contribution in [0.4, 0.5) is 0 Å². The van der Waals surface area contributed by atoms with E-state index in [0.717, 1.165) is 30.4 Å². The van der Waals surface area contributed by atoms with Gasteiger partial charge in [-0.3, -0.25) is 4.79 Å². The van der Waals surface area contributed by atoms with Gasteiger partial charge in [0.25, 0.3) is 0 Å². The van der Waals surface area contributed by atoms with E-state index in [0.29, 0.717) is 5.56 Å². The van der Waals surface area contributed by atoms with Gasteiger partial charge >= 0.3 is 11.9 Å². The molecule has 0 bridgehead atoms. The topological polar surface area (TPSA) is 410 Å². The number of methoxy groups -OCH3 is 1. The Balaban J connectivity index is 1.11. The minimum atomic E-state index is -2.15. The molecule has 15 atom stereocenters. The molecule has 5 aliphatic rings. The molecule has 78 heavy (non-hydrogen) atoms. The van der Waals surface area contributed by atoms with Crippen LogP contribution in [-0.4, -0.2) is 197 Å². The number of rotatable bonds is 17. The van der Waals surface area contributed by atoms with Gasteiger partial charge < -0.3 is 113 Å². The third kappa shape index (κ3) is 12.8. The summed E-state index contributed by atoms with van der Waals surface area (Å²) in [5, 5.41) is 138. The first kappa shape index (κ1) is 56.8. The highest BCUT2D eigenvalue weighted by Crippen LogP contribution is 2.44. The molecule has 3 aromatic rings. The average Bonchev–Trinajstić information content (AvgIpc) is 3.51. The number of fused-ring (bicyclic) bond motifs is 1. The lowest BCUT2D eigenvalue weighted by Gasteiger charge is -2.46. The first-order valence-corrected chi connectivity index (χ1v) is 23.7. The minimum Gasteiger partial charge on any atom is -0.508 e. The van der Waals surface area contributed by atoms with Gasteiger partial charge in [0.15, 0.2) is 52.3 Å². The predicted octanol–water partition coefficient (Wildman–Crippen LogP) is -1.05. The average molecular weight is 1090 g/mol. The lowest BCUT2D eigenvalue weighted by atomic mass is 9.97. The summed E-state index contributed by atoms with van der Waals surface area (Å²) in [6.45, 7) is -2.39. The number of aromatic hydroxyl groups is 4. The molecule has 26 heteroatoms. The van der Waals surface area contributed by atoms with Crippen LogP contribution in [0, 0.1) is 0 Å². The number of phenols is 4. The molecular formula is C52H54O26. The molecule has 3 aromatic carbocycles. The molecule has 0 aromatic heterocycles. The van der Waals surface area contributed by atoms with Crippen molar-refractivity contribution in [3.05, 3.63) is 112 Å². The van der Waals surface area contributed by atoms with E-state index in [-0.39, 0.29) is 57.0 Å². The van der Waals surface area contributed by atoms with Crippen molar-refractivity contribution in [2.45, 2.75) is 92.1 Å². The van der Waals surface area contributed by atoms with E-state index in [1.807, 2.05) is 0 Å². The quantitative estimate of drug-likeness (QED) is 0.0300. The van der Waals surface area contributed by atoms with E-state index < -0.39 is 141 Å². The summed E-state index contributed by atoms with van der Waals surface area (Å²) in [6.07, 6.45) is -24.1. The van der Waals surface area contributed by atoms with Crippen molar-refractivity contribution in [3.63, 3.8) is 0 Å². The normalized spacial score (nSPS) is 29.3. The number of hydrogen-bond donors (Lipinski definition) is 13. The largest absolute Gasteiger partial charge is 0.508 e. The number of phenolic OH excluding ortho intramolecular Hbond substituents is 4. The van der Waals surface area contributed by atoms with E-state index >= 15 is 0 Å². The SMILES string of the molecule is COc1cc(C=CC(=O)OC[C@H]2O[C@@H](O[C@H]3[C@@H](Oc4cc5c(O[C@@H]6O[C@H](CO)[C@@H](O)[C@H](O)[C@H]6O)cc(=O)cc-5oc4-c4ccc(O)cc4)O[C@H](COC(=O)C=Cc4ccc(O)c(O)c4)[C@@H](O)[C@@H]3O)[C@H](O)[C@@H](O)[C@@H]2O)ccc1O. The molecular weight excluding hydrogens is 1040 g/mol. The van der Waals surface area contributed by atoms with Crippen LogP contribution in [0.2, 0.25) is 0 Å². The van der Waals surface area contributed by atoms with E-state index in [4.69, 9.17) is 47.0 Å². The van der Waals surface area contributed by atoms with Crippen molar-refractivity contribution in [2.75, 3.05) is 26.9 Å². The van der Waals surface area contributed by atoms with Gasteiger partial charge in [-0.05, 0) is 77.9 Å². The molecule has 0 radical (unpaired) electrons. The summed E-state index contributed by atoms with van der Waals surface area (Å²) in [4.78, 5) is 38.9. The number of benzene rings is 4. The van der Waals surface area contributed by atoms with E-state index in [1.165, 1.54) is 79.9 Å². The molecule has 3 saturated heterocycles. The first-order valence-electron chi connectivity index (χ1n) is 23.7. The summed E-state index contributed by atoms with van der Waals surface area (Å²) >= 11 is 0. The second kappa shape index (κ2) is 24.5. The molecule has 0 spiro atoms. The first-order chi connectivity index (χ1) is 37.2. The lowest BCUT2D eigenvalue weighted by molar-refractivity contribution is -0.358. The lowest BCUT2D eigenvalue weighted by Crippen LogP contribution is -2.65. The van der Waals surface area contributed by atoms with Gasteiger partial charge in [0, 0.05) is 29.8 Å². The van der Waals surface area contributed by atoms with E-state index in [9.17, 15) is 80.8 Å². The molecule has 1 aliphatic carbocycles. The highest BCUT2D eigenvalue weighted by Gasteiger charge is 2.52. The maximum absolute atomic E-state index is 13.1. The minimum absolute atomic E-state index is 0.115. The van der Waals surface area contributed by atoms with E-state index in [1.54, 1.807) is 0 Å². The van der Waals surface area contributed by atoms with Crippen LogP contribution in [0.15, 0.2) is 100 Å². The summed E-state index contributed by atoms with van der Waals surface area (Å²) < 4.78 is 57.7. The Morgan fingerprint density at radius 1 is 0.551 bits per heavy atom. The van der Waals surface area contributed by atoms with Crippen molar-refractivity contribution in [2.24, 2.45) is 0 Å². The Morgan fingerprint density at radius 2 is 1.10 bits per heavy atom. The smallest absolute Gasteiger partial charge is 0.330 e. The Labute approximate surface area is 440 Å². The zero-order chi connectivity index (χ0) is 56.1. The molecule has 0 amide bonds. The molecule has 13 N–H and O–H groups in total. The number of aliphatic hydroxyl groups excluding tert-OH is 9. The third-order valence-electron chi connectivity index (χ3n) is 12.7. The van der Waals surface area contributed by atoms with Crippen molar-refractivity contribution in [3.8, 4) is 62.9 Å². The highest BCUT2D eigenvalue weighted by molar-refractivity contribution is 5.88. The molecule has 8 rings (SSSR count). The van der Waals surface area contributed by atoms with Crippen LogP contribution in [-0.2, 0) is 38.0 Å². The number of carbonyl (C=O) groups excluding carboxylic acids is 2. The van der Waals surface area contributed by atoms with Crippen LogP contribution in [0.5, 0.6) is 40.2 Å². The Bertz CT molecular complexity index is 2980. The van der Waals surface area contributed by atoms with Gasteiger partial charge in [-0.1, -0.05) is 12.1 Å². The molecule has 3 fully saturated rings. The van der Waals surface area contributed by atoms with Crippen LogP contribution in [0.25, 0.3) is 34.8 Å². The fourth-order valence-corrected chi connectivity index (χ4v) is 8.37. The Hall–Kier alpha value is -7.41. The third-order valence-corrected chi connectivity index (χ3v) is 12.7. The summed E-state index contributed by atoms with van der Waals surface area (Å²) in [7, 11) is 1.33. The molecule has 4 aliphatic heterocycles. The summed E-state index contributed by atoms with van der Waals surface area (Å²) in [5.41, 5.74) is 0.0147. The highest BCUT2D eigenvalue weighted by atomic mass is 16.8. The molecule has 0 unspecified atom stereocenters. The number of hydrogen-bond acceptors (Lipinski definition) is 26. The zero-order valence-electron chi connectivity index (χ0n) is 40.7. The predicted molar refractivity (Wildman–Crippen MR) is 260 cm³/mol. The van der Waals surface area contributed by atoms with Crippen LogP contribution >= 0.6 is 0 Å². The Kier molecular flexibility index (Phi) is 17.8. The Morgan fingerprint density at radius 3 is 1.72 bits per heavy atom. The van der Waals surface area contributed by atoms with Crippen LogP contribution in [0.1, 0.15) is 11.1 Å². The van der Waals surface area contributed by atoms with Crippen molar-refractivity contribution >= 4 is 24.1 Å². The standard InChI is InChI=1S/C52H54O26/c1-69-33-15-23(3-11-29(33)57)5-13-39(60)70-20-36-41(62)44(65)47(68)51(76-36)78-49-45(66)42(63)37(21-71-38(59)12-4-22-2-10-28(56)30(58)14-22)77-52(49)74-34-18-27-31(72-48(34)24-6-8-25(54)9-7-24)16-26(55)17-32(27)73-50-46(67)43(64)40(61)35(19-53)75-50/h2-18,35-37,40-47,49-54,56-58,61-68H,19-21H2,1H3/t35-,36-,37-,40-,41-,42-,43+,44+,45+,46-,47-,49-,50-,51+,52+/m1/s1. The fourth-order valence-electron chi connectivity index (χ4n) is 8.37. The van der Waals surface area contributed by atoms with Crippen LogP contribution < -0.4 is 19.6 Å². The van der Waals surface area contributed by atoms with Gasteiger partial charge in [-0.25, -0.2) is 9.59 Å². The fraction of sp³-hybridized carbons (Fsp3) is 0.365. The van der Waals surface area contributed by atoms with Crippen molar-refractivity contribution in [1.29, 1.82) is 0 Å². The van der Waals surface area contributed by atoms with Crippen molar-refractivity contribution < 1.29 is 123 Å². The number of carbonyl (C=O) groups is 2. The van der Waals surface area contributed by atoms with Gasteiger partial charge in [-0.2, -0.15) is 0 Å². The van der Waals surface area contributed by atoms with Crippen LogP contribution in [0.3, 0.4) is 0 Å². The maximum Gasteiger partial charge on any atom is 0.330 e. The number of aliphatic hydroxyl groups is 9. The van der Waals surface area contributed by atoms with Gasteiger partial charge in [0.05, 0.1) is 19.3 Å². The van der Waals surface area contributed by atoms with Gasteiger partial charge in [0.1, 0.15) is 97.6 Å². The maximum atomic E-state index is 13.1. The summed E-state index contributed by atoms with van der Waals surface area (Å²) in [5.74, 6) is -4.29. The van der Waals surface area contributed by atoms with E-state index in [2.05, 4.69) is 0 Å². The molecule has 4 heterocycles. The molecule has 0 saturated carbocycles. The van der Waals surface area contributed by atoms with Crippen molar-refractivity contribution in [1.82, 2.24) is 0 Å². The number of ether oxygens (including phenoxy) is 9. The second-order valence-corrected chi connectivity index (χ2v) is 18.0. The number of esters is 2. The van der Waals surface area contributed by atoms with Gasteiger partial charge in [-0.15, -0.1) is 0 Å². The zero-order valence-corrected chi connectivity index (χ0v) is 40.7. The molecule has 26 nitrogen and oxygen atoms in total. The molecule has 418 valence electrons. The monoisotopic (exact) mass is 1090 g/mol. The summed E-state index contributed by atoms with van der Waals surface area (Å²) in [6, 6.07) is 16.4. The van der Waals surface area contributed by atoms with Gasteiger partial charge in [0.2, 0.25) is 12.6 Å².